The second kappa shape index (κ2) is 4.40. The number of nitrogens with one attached hydrogen (secondary N) is 1. The van der Waals surface area contributed by atoms with Gasteiger partial charge in [-0.15, -0.1) is 0 Å². The van der Waals surface area contributed by atoms with E-state index in [1.807, 2.05) is 13.1 Å². The van der Waals surface area contributed by atoms with E-state index >= 15 is 0 Å². The van der Waals surface area contributed by atoms with E-state index in [9.17, 15) is 0 Å². The van der Waals surface area contributed by atoms with E-state index in [0.29, 0.717) is 5.70 Å². The second-order valence-electron chi connectivity index (χ2n) is 1.53. The van der Waals surface area contributed by atoms with E-state index in [1.165, 1.54) is 0 Å². The number of allylic oxidation sites excluding steroid dienone is 1. The third-order valence-electron chi connectivity index (χ3n) is 0.654. The fourth-order valence-corrected chi connectivity index (χ4v) is 0.328. The molecule has 0 bridgehead atoms. The predicted octanol–water partition coefficient (Wildman–Crippen LogP) is 0.234. The summed E-state index contributed by atoms with van der Waals surface area (Å²) in [6.45, 7) is 4.33. The summed E-state index contributed by atoms with van der Waals surface area (Å²) in [4.78, 5) is 0. The smallest absolute Gasteiger partial charge is 0.0238 e. The van der Waals surface area contributed by atoms with Crippen molar-refractivity contribution in [3.8, 4) is 0 Å². The van der Waals surface area contributed by atoms with Crippen LogP contribution in [0.25, 0.3) is 0 Å². The van der Waals surface area contributed by atoms with Gasteiger partial charge in [0.05, 0.1) is 0 Å². The normalized spacial score (nSPS) is 10.1. The van der Waals surface area contributed by atoms with Gasteiger partial charge >= 0.3 is 0 Å². The van der Waals surface area contributed by atoms with Gasteiger partial charge in [-0.3, -0.25) is 0 Å². The van der Waals surface area contributed by atoms with Gasteiger partial charge in [-0.2, -0.15) is 0 Å². The van der Waals surface area contributed by atoms with Crippen molar-refractivity contribution in [1.29, 1.82) is 0 Å². The average molecular weight is 112 g/mol. The monoisotopic (exact) mass is 112 g/mol. The Morgan fingerprint density at radius 3 is 2.88 bits per heavy atom. The Kier molecular flexibility index (Phi) is 3.98. The van der Waals surface area contributed by atoms with Gasteiger partial charge in [0.2, 0.25) is 0 Å². The Bertz CT molecular complexity index is 94.7. The van der Waals surface area contributed by atoms with E-state index in [2.05, 4.69) is 11.9 Å². The molecule has 0 aromatic rings. The Hall–Kier alpha value is -0.760. The molecule has 0 aliphatic rings. The molecule has 0 rings (SSSR count). The van der Waals surface area contributed by atoms with Gasteiger partial charge in [0.1, 0.15) is 0 Å². The molecule has 0 aromatic carbocycles. The quantitative estimate of drug-likeness (QED) is 0.513. The SMILES string of the molecule is C=C(N)/C=C\CNC. The lowest BCUT2D eigenvalue weighted by Gasteiger charge is -1.86. The molecule has 0 fully saturated rings. The van der Waals surface area contributed by atoms with E-state index in [-0.39, 0.29) is 0 Å². The van der Waals surface area contributed by atoms with Crippen LogP contribution in [-0.4, -0.2) is 13.6 Å². The van der Waals surface area contributed by atoms with Crippen LogP contribution in [0.2, 0.25) is 0 Å². The van der Waals surface area contributed by atoms with Gasteiger partial charge in [0, 0.05) is 12.2 Å². The summed E-state index contributed by atoms with van der Waals surface area (Å²) in [7, 11) is 1.88. The average Bonchev–Trinajstić information content (AvgIpc) is 1.66. The molecule has 2 heteroatoms. The molecule has 0 unspecified atom stereocenters. The molecule has 0 heterocycles. The molecular formula is C6H12N2. The van der Waals surface area contributed by atoms with Gasteiger partial charge < -0.3 is 11.1 Å². The van der Waals surface area contributed by atoms with Gasteiger partial charge in [-0.25, -0.2) is 0 Å². The molecule has 0 saturated carbocycles. The molecule has 0 aromatic heterocycles. The largest absolute Gasteiger partial charge is 0.399 e. The van der Waals surface area contributed by atoms with Crippen LogP contribution in [0.1, 0.15) is 0 Å². The second-order valence-corrected chi connectivity index (χ2v) is 1.53. The summed E-state index contributed by atoms with van der Waals surface area (Å²) < 4.78 is 0. The van der Waals surface area contributed by atoms with Crippen LogP contribution in [-0.2, 0) is 0 Å². The fourth-order valence-electron chi connectivity index (χ4n) is 0.328. The molecule has 0 amide bonds. The topological polar surface area (TPSA) is 38.0 Å². The minimum absolute atomic E-state index is 0.597. The van der Waals surface area contributed by atoms with Crippen LogP contribution < -0.4 is 11.1 Å². The molecular weight excluding hydrogens is 100 g/mol. The van der Waals surface area contributed by atoms with Crippen LogP contribution in [0.15, 0.2) is 24.4 Å². The van der Waals surface area contributed by atoms with Crippen LogP contribution >= 0.6 is 0 Å². The van der Waals surface area contributed by atoms with E-state index in [4.69, 9.17) is 5.73 Å². The number of likely N-dealkylation sites (N-methyl/N-ethyl adjacent to an activating group) is 1. The lowest BCUT2D eigenvalue weighted by Crippen LogP contribution is -2.04. The fraction of sp³-hybridized carbons (Fsp3) is 0.333. The van der Waals surface area contributed by atoms with Gasteiger partial charge in [0.15, 0.2) is 0 Å². The number of nitrogens with two attached hydrogens (primary N) is 1. The van der Waals surface area contributed by atoms with Crippen molar-refractivity contribution >= 4 is 0 Å². The van der Waals surface area contributed by atoms with Crippen molar-refractivity contribution in [2.24, 2.45) is 5.73 Å². The maximum atomic E-state index is 5.22. The van der Waals surface area contributed by atoms with Gasteiger partial charge in [-0.05, 0) is 13.1 Å². The minimum Gasteiger partial charge on any atom is -0.399 e. The van der Waals surface area contributed by atoms with Crippen molar-refractivity contribution < 1.29 is 0 Å². The maximum absolute atomic E-state index is 5.22. The first-order chi connectivity index (χ1) is 3.77. The minimum atomic E-state index is 0.597. The maximum Gasteiger partial charge on any atom is 0.0238 e. The molecule has 0 aliphatic heterocycles. The standard InChI is InChI=1S/C6H12N2/c1-6(7)4-3-5-8-2/h3-4,8H,1,5,7H2,2H3/b4-3-. The molecule has 8 heavy (non-hydrogen) atoms. The lowest BCUT2D eigenvalue weighted by molar-refractivity contribution is 0.919. The molecule has 0 saturated heterocycles. The molecule has 3 N–H and O–H groups in total. The number of hydrogen-bond donors (Lipinski definition) is 2. The highest BCUT2D eigenvalue weighted by atomic mass is 14.8. The Labute approximate surface area is 50.1 Å². The van der Waals surface area contributed by atoms with Gasteiger partial charge in [-0.1, -0.05) is 12.7 Å². The van der Waals surface area contributed by atoms with Crippen molar-refractivity contribution in [1.82, 2.24) is 5.32 Å². The highest BCUT2D eigenvalue weighted by Gasteiger charge is 1.71. The third kappa shape index (κ3) is 5.24. The summed E-state index contributed by atoms with van der Waals surface area (Å²) in [5, 5.41) is 2.94. The van der Waals surface area contributed by atoms with Crippen LogP contribution in [0.4, 0.5) is 0 Å². The zero-order chi connectivity index (χ0) is 6.41. The summed E-state index contributed by atoms with van der Waals surface area (Å²) in [6, 6.07) is 0. The zero-order valence-electron chi connectivity index (χ0n) is 5.15. The van der Waals surface area contributed by atoms with Crippen molar-refractivity contribution in [3.63, 3.8) is 0 Å². The summed E-state index contributed by atoms with van der Waals surface area (Å²) >= 11 is 0. The highest BCUT2D eigenvalue weighted by Crippen LogP contribution is 1.77. The van der Waals surface area contributed by atoms with E-state index < -0.39 is 0 Å². The Morgan fingerprint density at radius 2 is 2.50 bits per heavy atom. The lowest BCUT2D eigenvalue weighted by atomic mass is 10.4. The van der Waals surface area contributed by atoms with Crippen LogP contribution in [0.3, 0.4) is 0 Å². The Balaban J connectivity index is 3.20. The number of rotatable bonds is 3. The van der Waals surface area contributed by atoms with Crippen molar-refractivity contribution in [2.75, 3.05) is 13.6 Å². The zero-order valence-corrected chi connectivity index (χ0v) is 5.15. The first-order valence-electron chi connectivity index (χ1n) is 2.53. The van der Waals surface area contributed by atoms with Crippen molar-refractivity contribution in [2.45, 2.75) is 0 Å². The van der Waals surface area contributed by atoms with E-state index in [0.717, 1.165) is 6.54 Å². The first kappa shape index (κ1) is 7.24. The molecule has 0 radical (unpaired) electrons. The summed E-state index contributed by atoms with van der Waals surface area (Å²) in [5.41, 5.74) is 5.82. The summed E-state index contributed by atoms with van der Waals surface area (Å²) in [5.74, 6) is 0. The molecule has 2 nitrogen and oxygen atoms in total. The molecule has 0 aliphatic carbocycles. The van der Waals surface area contributed by atoms with E-state index in [1.54, 1.807) is 6.08 Å². The number of hydrogen-bond acceptors (Lipinski definition) is 2. The molecule has 0 atom stereocenters. The summed E-state index contributed by atoms with van der Waals surface area (Å²) in [6.07, 6.45) is 3.69. The Morgan fingerprint density at radius 1 is 1.88 bits per heavy atom. The highest BCUT2D eigenvalue weighted by molar-refractivity contribution is 5.09. The predicted molar refractivity (Wildman–Crippen MR) is 36.4 cm³/mol. The van der Waals surface area contributed by atoms with Crippen molar-refractivity contribution in [3.05, 3.63) is 24.4 Å². The van der Waals surface area contributed by atoms with Crippen LogP contribution in [0, 0.1) is 0 Å². The first-order valence-corrected chi connectivity index (χ1v) is 2.53. The van der Waals surface area contributed by atoms with Crippen LogP contribution in [0.5, 0.6) is 0 Å². The third-order valence-corrected chi connectivity index (χ3v) is 0.654. The molecule has 0 spiro atoms. The van der Waals surface area contributed by atoms with Gasteiger partial charge in [0.25, 0.3) is 0 Å². The molecule has 46 valence electrons.